The summed E-state index contributed by atoms with van der Waals surface area (Å²) in [5.41, 5.74) is 0.523. The fourth-order valence-electron chi connectivity index (χ4n) is 3.40. The Morgan fingerprint density at radius 1 is 1.33 bits per heavy atom. The number of carbonyl (C=O) groups is 1. The van der Waals surface area contributed by atoms with Crippen LogP contribution < -0.4 is 5.32 Å². The van der Waals surface area contributed by atoms with E-state index in [-0.39, 0.29) is 23.4 Å². The van der Waals surface area contributed by atoms with Crippen LogP contribution in [0.3, 0.4) is 0 Å². The Morgan fingerprint density at radius 3 is 2.81 bits per heavy atom. The van der Waals surface area contributed by atoms with Crippen LogP contribution in [0.2, 0.25) is 0 Å². The molecule has 1 amide bonds. The predicted octanol–water partition coefficient (Wildman–Crippen LogP) is 2.98. The maximum atomic E-state index is 13.5. The van der Waals surface area contributed by atoms with E-state index in [1.165, 1.54) is 25.3 Å². The minimum Gasteiger partial charge on any atom is -0.321 e. The summed E-state index contributed by atoms with van der Waals surface area (Å²) in [4.78, 5) is 14.6. The molecule has 1 spiro atoms. The van der Waals surface area contributed by atoms with Gasteiger partial charge in [-0.05, 0) is 49.3 Å². The Bertz CT molecular complexity index is 566. The highest BCUT2D eigenvalue weighted by Crippen LogP contribution is 2.46. The summed E-state index contributed by atoms with van der Waals surface area (Å²) >= 11 is 0. The molecule has 0 aromatic heterocycles. The molecule has 3 fully saturated rings. The van der Waals surface area contributed by atoms with Gasteiger partial charge in [-0.15, -0.1) is 0 Å². The van der Waals surface area contributed by atoms with Crippen LogP contribution in [0.15, 0.2) is 24.3 Å². The number of halogens is 1. The first kappa shape index (κ1) is 13.3. The summed E-state index contributed by atoms with van der Waals surface area (Å²) in [5, 5.41) is 3.45. The molecule has 4 heteroatoms. The Hall–Kier alpha value is -1.42. The summed E-state index contributed by atoms with van der Waals surface area (Å²) in [6, 6.07) is 6.62. The Morgan fingerprint density at radius 2 is 2.14 bits per heavy atom. The van der Waals surface area contributed by atoms with Crippen molar-refractivity contribution in [2.24, 2.45) is 5.92 Å². The second kappa shape index (κ2) is 4.80. The van der Waals surface area contributed by atoms with Crippen molar-refractivity contribution >= 4 is 5.91 Å². The molecule has 4 rings (SSSR count). The third-order valence-corrected chi connectivity index (χ3v) is 5.02. The lowest BCUT2D eigenvalue weighted by molar-refractivity contribution is -0.130. The molecular formula is C17H21FN2O. The zero-order valence-corrected chi connectivity index (χ0v) is 12.1. The summed E-state index contributed by atoms with van der Waals surface area (Å²) in [7, 11) is 0. The molecule has 2 aliphatic carbocycles. The van der Waals surface area contributed by atoms with Crippen LogP contribution in [0.4, 0.5) is 4.39 Å². The van der Waals surface area contributed by atoms with Crippen molar-refractivity contribution in [1.29, 1.82) is 0 Å². The first-order valence-electron chi connectivity index (χ1n) is 8.02. The molecule has 3 aliphatic rings. The lowest BCUT2D eigenvalue weighted by Gasteiger charge is -2.24. The van der Waals surface area contributed by atoms with Crippen molar-refractivity contribution in [1.82, 2.24) is 10.2 Å². The van der Waals surface area contributed by atoms with Gasteiger partial charge in [-0.2, -0.15) is 0 Å². The maximum Gasteiger partial charge on any atom is 0.244 e. The molecule has 1 N–H and O–H groups in total. The van der Waals surface area contributed by atoms with E-state index < -0.39 is 0 Å². The molecule has 3 nitrogen and oxygen atoms in total. The van der Waals surface area contributed by atoms with E-state index in [0.29, 0.717) is 0 Å². The van der Waals surface area contributed by atoms with E-state index in [0.717, 1.165) is 37.3 Å². The average Bonchev–Trinajstić information content (AvgIpc) is 3.36. The van der Waals surface area contributed by atoms with E-state index >= 15 is 0 Å². The smallest absolute Gasteiger partial charge is 0.244 e. The third-order valence-electron chi connectivity index (χ3n) is 5.02. The number of hydrogen-bond donors (Lipinski definition) is 1. The molecule has 1 unspecified atom stereocenters. The van der Waals surface area contributed by atoms with Gasteiger partial charge in [0.15, 0.2) is 0 Å². The maximum absolute atomic E-state index is 13.5. The van der Waals surface area contributed by atoms with Gasteiger partial charge in [0.1, 0.15) is 17.5 Å². The van der Waals surface area contributed by atoms with E-state index in [4.69, 9.17) is 0 Å². The monoisotopic (exact) mass is 288 g/mol. The minimum absolute atomic E-state index is 0.157. The summed E-state index contributed by atoms with van der Waals surface area (Å²) in [6.07, 6.45) is 6.64. The number of nitrogens with one attached hydrogen (secondary N) is 1. The molecule has 1 aliphatic heterocycles. The number of benzene rings is 1. The van der Waals surface area contributed by atoms with Crippen molar-refractivity contribution in [2.75, 3.05) is 6.54 Å². The van der Waals surface area contributed by atoms with Crippen LogP contribution in [-0.4, -0.2) is 22.9 Å². The van der Waals surface area contributed by atoms with Crippen LogP contribution in [0.25, 0.3) is 0 Å². The SMILES string of the molecule is O=C1N(CCCC2CC2)C(c2cccc(F)c2)NC12CC2. The Labute approximate surface area is 124 Å². The molecule has 1 aromatic carbocycles. The number of rotatable bonds is 5. The summed E-state index contributed by atoms with van der Waals surface area (Å²) < 4.78 is 13.5. The standard InChI is InChI=1S/C17H21FN2O/c18-14-5-1-4-13(11-14)15-19-17(8-9-17)16(21)20(15)10-2-3-12-6-7-12/h1,4-5,11-12,15,19H,2-3,6-10H2. The Balaban J connectivity index is 1.52. The highest BCUT2D eigenvalue weighted by molar-refractivity contribution is 5.92. The topological polar surface area (TPSA) is 32.3 Å². The van der Waals surface area contributed by atoms with Gasteiger partial charge in [-0.25, -0.2) is 4.39 Å². The zero-order chi connectivity index (χ0) is 14.4. The molecule has 1 atom stereocenters. The van der Waals surface area contributed by atoms with Crippen molar-refractivity contribution in [2.45, 2.75) is 50.2 Å². The second-order valence-corrected chi connectivity index (χ2v) is 6.77. The van der Waals surface area contributed by atoms with Gasteiger partial charge in [0.05, 0.1) is 0 Å². The highest BCUT2D eigenvalue weighted by Gasteiger charge is 2.59. The molecule has 21 heavy (non-hydrogen) atoms. The van der Waals surface area contributed by atoms with Gasteiger partial charge in [-0.1, -0.05) is 25.0 Å². The van der Waals surface area contributed by atoms with Crippen LogP contribution in [0.5, 0.6) is 0 Å². The molecule has 1 saturated heterocycles. The van der Waals surface area contributed by atoms with E-state index in [1.54, 1.807) is 12.1 Å². The second-order valence-electron chi connectivity index (χ2n) is 6.77. The molecular weight excluding hydrogens is 267 g/mol. The van der Waals surface area contributed by atoms with Crippen molar-refractivity contribution in [3.8, 4) is 0 Å². The quantitative estimate of drug-likeness (QED) is 0.903. The first-order valence-corrected chi connectivity index (χ1v) is 8.02. The lowest BCUT2D eigenvalue weighted by Crippen LogP contribution is -2.33. The normalized spacial score (nSPS) is 26.6. The Kier molecular flexibility index (Phi) is 3.03. The van der Waals surface area contributed by atoms with Gasteiger partial charge in [0.25, 0.3) is 0 Å². The summed E-state index contributed by atoms with van der Waals surface area (Å²) in [5.74, 6) is 0.863. The predicted molar refractivity (Wildman–Crippen MR) is 77.9 cm³/mol. The van der Waals surface area contributed by atoms with Crippen molar-refractivity contribution < 1.29 is 9.18 Å². The minimum atomic E-state index is -0.337. The number of carbonyl (C=O) groups excluding carboxylic acids is 1. The molecule has 112 valence electrons. The lowest BCUT2D eigenvalue weighted by atomic mass is 10.1. The van der Waals surface area contributed by atoms with Crippen molar-refractivity contribution in [3.05, 3.63) is 35.6 Å². The number of hydrogen-bond acceptors (Lipinski definition) is 2. The molecule has 2 saturated carbocycles. The van der Waals surface area contributed by atoms with Crippen molar-refractivity contribution in [3.63, 3.8) is 0 Å². The largest absolute Gasteiger partial charge is 0.321 e. The first-order chi connectivity index (χ1) is 10.2. The van der Waals surface area contributed by atoms with Gasteiger partial charge in [0, 0.05) is 6.54 Å². The molecule has 1 heterocycles. The molecule has 0 radical (unpaired) electrons. The third kappa shape index (κ3) is 2.46. The number of amides is 1. The molecule has 0 bridgehead atoms. The summed E-state index contributed by atoms with van der Waals surface area (Å²) in [6.45, 7) is 0.783. The van der Waals surface area contributed by atoms with Crippen LogP contribution in [0, 0.1) is 11.7 Å². The van der Waals surface area contributed by atoms with Gasteiger partial charge in [-0.3, -0.25) is 10.1 Å². The average molecular weight is 288 g/mol. The van der Waals surface area contributed by atoms with Crippen LogP contribution >= 0.6 is 0 Å². The zero-order valence-electron chi connectivity index (χ0n) is 12.1. The molecule has 1 aromatic rings. The highest BCUT2D eigenvalue weighted by atomic mass is 19.1. The van der Waals surface area contributed by atoms with Crippen LogP contribution in [0.1, 0.15) is 50.3 Å². The van der Waals surface area contributed by atoms with E-state index in [1.807, 2.05) is 11.0 Å². The van der Waals surface area contributed by atoms with Gasteiger partial charge >= 0.3 is 0 Å². The fourth-order valence-corrected chi connectivity index (χ4v) is 3.40. The number of nitrogens with zero attached hydrogens (tertiary/aromatic N) is 1. The van der Waals surface area contributed by atoms with Gasteiger partial charge < -0.3 is 4.90 Å². The van der Waals surface area contributed by atoms with E-state index in [2.05, 4.69) is 5.32 Å². The fraction of sp³-hybridized carbons (Fsp3) is 0.588. The van der Waals surface area contributed by atoms with E-state index in [9.17, 15) is 9.18 Å². The van der Waals surface area contributed by atoms with Crippen LogP contribution in [-0.2, 0) is 4.79 Å². The van der Waals surface area contributed by atoms with Gasteiger partial charge in [0.2, 0.25) is 5.91 Å².